The summed E-state index contributed by atoms with van der Waals surface area (Å²) in [5.41, 5.74) is 2.47. The highest BCUT2D eigenvalue weighted by atomic mass is 16.5. The van der Waals surface area contributed by atoms with E-state index in [2.05, 4.69) is 5.32 Å². The number of para-hydroxylation sites is 2. The van der Waals surface area contributed by atoms with E-state index in [9.17, 15) is 9.59 Å². The van der Waals surface area contributed by atoms with Crippen molar-refractivity contribution in [2.75, 3.05) is 19.0 Å². The van der Waals surface area contributed by atoms with Crippen LogP contribution in [0, 0.1) is 0 Å². The van der Waals surface area contributed by atoms with Crippen LogP contribution in [-0.4, -0.2) is 31.6 Å². The predicted molar refractivity (Wildman–Crippen MR) is 69.4 cm³/mol. The van der Waals surface area contributed by atoms with E-state index in [1.54, 1.807) is 24.3 Å². The molecule has 0 spiro atoms. The van der Waals surface area contributed by atoms with Crippen molar-refractivity contribution in [2.24, 2.45) is 5.84 Å². The molecule has 0 saturated carbocycles. The molecular formula is C12H17N3O4. The highest BCUT2D eigenvalue weighted by Gasteiger charge is 2.20. The molecule has 1 aromatic carbocycles. The van der Waals surface area contributed by atoms with Gasteiger partial charge in [-0.3, -0.25) is 15.0 Å². The lowest BCUT2D eigenvalue weighted by molar-refractivity contribution is -0.130. The summed E-state index contributed by atoms with van der Waals surface area (Å²) >= 11 is 0. The van der Waals surface area contributed by atoms with Gasteiger partial charge in [-0.1, -0.05) is 12.1 Å². The average Bonchev–Trinajstić information content (AvgIpc) is 2.39. The third-order valence-corrected chi connectivity index (χ3v) is 2.22. The quantitative estimate of drug-likeness (QED) is 0.383. The van der Waals surface area contributed by atoms with Gasteiger partial charge in [-0.15, -0.1) is 0 Å². The number of hydrazine groups is 1. The lowest BCUT2D eigenvalue weighted by Gasteiger charge is -2.18. The number of nitrogens with two attached hydrogens (primary N) is 1. The first-order valence-electron chi connectivity index (χ1n) is 5.61. The van der Waals surface area contributed by atoms with Crippen molar-refractivity contribution in [3.8, 4) is 5.75 Å². The van der Waals surface area contributed by atoms with Gasteiger partial charge in [-0.2, -0.15) is 0 Å². The van der Waals surface area contributed by atoms with Gasteiger partial charge in [0.2, 0.25) is 12.0 Å². The molecule has 0 aromatic heterocycles. The Morgan fingerprint density at radius 1 is 1.37 bits per heavy atom. The average molecular weight is 267 g/mol. The molecule has 1 aromatic rings. The summed E-state index contributed by atoms with van der Waals surface area (Å²) in [5.74, 6) is 4.69. The van der Waals surface area contributed by atoms with Crippen molar-refractivity contribution in [2.45, 2.75) is 13.0 Å². The summed E-state index contributed by atoms with van der Waals surface area (Å²) in [6, 6.07) is 6.77. The van der Waals surface area contributed by atoms with Gasteiger partial charge in [-0.25, -0.2) is 5.84 Å². The van der Waals surface area contributed by atoms with Crippen LogP contribution in [-0.2, 0) is 14.3 Å². The topological polar surface area (TPSA) is 103 Å². The molecule has 4 N–H and O–H groups in total. The predicted octanol–water partition coefficient (Wildman–Crippen LogP) is 0.0287. The maximum Gasteiger partial charge on any atom is 0.277 e. The number of benzene rings is 1. The number of amides is 2. The molecule has 0 radical (unpaired) electrons. The SMILES string of the molecule is COCC(Oc1ccccc1NC(C)=O)C(=O)NN. The van der Waals surface area contributed by atoms with E-state index in [-0.39, 0.29) is 12.5 Å². The monoisotopic (exact) mass is 267 g/mol. The lowest BCUT2D eigenvalue weighted by atomic mass is 10.2. The number of nitrogens with one attached hydrogen (secondary N) is 2. The van der Waals surface area contributed by atoms with E-state index < -0.39 is 12.0 Å². The van der Waals surface area contributed by atoms with Crippen molar-refractivity contribution in [3.63, 3.8) is 0 Å². The van der Waals surface area contributed by atoms with Gasteiger partial charge >= 0.3 is 0 Å². The fraction of sp³-hybridized carbons (Fsp3) is 0.333. The fourth-order valence-corrected chi connectivity index (χ4v) is 1.42. The second-order valence-electron chi connectivity index (χ2n) is 3.75. The minimum atomic E-state index is -0.898. The second-order valence-corrected chi connectivity index (χ2v) is 3.75. The second kappa shape index (κ2) is 7.34. The van der Waals surface area contributed by atoms with Gasteiger partial charge in [-0.05, 0) is 12.1 Å². The Kier molecular flexibility index (Phi) is 5.77. The Hall–Kier alpha value is -2.12. The molecule has 1 atom stereocenters. The van der Waals surface area contributed by atoms with E-state index in [1.165, 1.54) is 14.0 Å². The molecule has 19 heavy (non-hydrogen) atoms. The van der Waals surface area contributed by atoms with Crippen molar-refractivity contribution >= 4 is 17.5 Å². The Morgan fingerprint density at radius 2 is 2.05 bits per heavy atom. The summed E-state index contributed by atoms with van der Waals surface area (Å²) in [5, 5.41) is 2.61. The van der Waals surface area contributed by atoms with Crippen LogP contribution >= 0.6 is 0 Å². The van der Waals surface area contributed by atoms with Gasteiger partial charge in [0.1, 0.15) is 5.75 Å². The molecule has 0 bridgehead atoms. The molecule has 1 unspecified atom stereocenters. The Morgan fingerprint density at radius 3 is 2.63 bits per heavy atom. The summed E-state index contributed by atoms with van der Waals surface area (Å²) < 4.78 is 10.4. The maximum absolute atomic E-state index is 11.5. The number of rotatable bonds is 6. The molecule has 0 aliphatic heterocycles. The first-order chi connectivity index (χ1) is 9.08. The van der Waals surface area contributed by atoms with Crippen LogP contribution in [0.15, 0.2) is 24.3 Å². The van der Waals surface area contributed by atoms with Crippen molar-refractivity contribution in [1.82, 2.24) is 5.43 Å². The number of methoxy groups -OCH3 is 1. The third-order valence-electron chi connectivity index (χ3n) is 2.22. The van der Waals surface area contributed by atoms with Gasteiger partial charge in [0.25, 0.3) is 5.91 Å². The van der Waals surface area contributed by atoms with Crippen LogP contribution in [0.1, 0.15) is 6.92 Å². The molecule has 0 aliphatic carbocycles. The van der Waals surface area contributed by atoms with Gasteiger partial charge < -0.3 is 14.8 Å². The highest BCUT2D eigenvalue weighted by molar-refractivity contribution is 5.90. The van der Waals surface area contributed by atoms with Gasteiger partial charge in [0, 0.05) is 14.0 Å². The zero-order chi connectivity index (χ0) is 14.3. The maximum atomic E-state index is 11.5. The van der Waals surface area contributed by atoms with Crippen molar-refractivity contribution < 1.29 is 19.1 Å². The zero-order valence-corrected chi connectivity index (χ0v) is 10.8. The zero-order valence-electron chi connectivity index (χ0n) is 10.8. The van der Waals surface area contributed by atoms with Crippen LogP contribution in [0.3, 0.4) is 0 Å². The molecular weight excluding hydrogens is 250 g/mol. The van der Waals surface area contributed by atoms with Crippen molar-refractivity contribution in [1.29, 1.82) is 0 Å². The van der Waals surface area contributed by atoms with Crippen LogP contribution in [0.2, 0.25) is 0 Å². The van der Waals surface area contributed by atoms with E-state index >= 15 is 0 Å². The number of carbonyl (C=O) groups excluding carboxylic acids is 2. The summed E-state index contributed by atoms with van der Waals surface area (Å²) in [7, 11) is 1.44. The summed E-state index contributed by atoms with van der Waals surface area (Å²) in [6.07, 6.45) is -0.898. The molecule has 104 valence electrons. The smallest absolute Gasteiger partial charge is 0.277 e. The highest BCUT2D eigenvalue weighted by Crippen LogP contribution is 2.24. The largest absolute Gasteiger partial charge is 0.476 e. The molecule has 7 heteroatoms. The van der Waals surface area contributed by atoms with E-state index in [1.807, 2.05) is 5.43 Å². The lowest BCUT2D eigenvalue weighted by Crippen LogP contribution is -2.44. The van der Waals surface area contributed by atoms with Gasteiger partial charge in [0.15, 0.2) is 0 Å². The molecule has 0 heterocycles. The standard InChI is InChI=1S/C12H17N3O4/c1-8(16)14-9-5-3-4-6-10(9)19-11(7-18-2)12(17)15-13/h3-6,11H,7,13H2,1-2H3,(H,14,16)(H,15,17). The van der Waals surface area contributed by atoms with Crippen LogP contribution in [0.25, 0.3) is 0 Å². The summed E-state index contributed by atoms with van der Waals surface area (Å²) in [6.45, 7) is 1.42. The summed E-state index contributed by atoms with van der Waals surface area (Å²) in [4.78, 5) is 22.6. The number of anilines is 1. The number of hydrogen-bond acceptors (Lipinski definition) is 5. The molecule has 2 amide bonds. The molecule has 0 fully saturated rings. The van der Waals surface area contributed by atoms with E-state index in [0.29, 0.717) is 11.4 Å². The first kappa shape index (κ1) is 14.9. The molecule has 0 saturated heterocycles. The Bertz CT molecular complexity index is 450. The number of ether oxygens (including phenoxy) is 2. The number of hydrogen-bond donors (Lipinski definition) is 3. The molecule has 1 rings (SSSR count). The normalized spacial score (nSPS) is 11.5. The third kappa shape index (κ3) is 4.57. The minimum Gasteiger partial charge on any atom is -0.476 e. The Labute approximate surface area is 111 Å². The van der Waals surface area contributed by atoms with E-state index in [4.69, 9.17) is 15.3 Å². The van der Waals surface area contributed by atoms with Crippen molar-refractivity contribution in [3.05, 3.63) is 24.3 Å². The van der Waals surface area contributed by atoms with Crippen LogP contribution in [0.4, 0.5) is 5.69 Å². The number of carbonyl (C=O) groups is 2. The minimum absolute atomic E-state index is 0.0391. The van der Waals surface area contributed by atoms with Crippen LogP contribution in [0.5, 0.6) is 5.75 Å². The van der Waals surface area contributed by atoms with Crippen LogP contribution < -0.4 is 21.3 Å². The fourth-order valence-electron chi connectivity index (χ4n) is 1.42. The van der Waals surface area contributed by atoms with Gasteiger partial charge in [0.05, 0.1) is 12.3 Å². The Balaban J connectivity index is 2.89. The first-order valence-corrected chi connectivity index (χ1v) is 5.61. The molecule has 0 aliphatic rings. The van der Waals surface area contributed by atoms with E-state index in [0.717, 1.165) is 0 Å². The molecule has 7 nitrogen and oxygen atoms in total.